The molecule has 0 aliphatic carbocycles. The van der Waals surface area contributed by atoms with Crippen molar-refractivity contribution in [3.8, 4) is 0 Å². The summed E-state index contributed by atoms with van der Waals surface area (Å²) >= 11 is 1.55. The number of benzene rings is 1. The molecule has 3 atom stereocenters. The second-order valence-corrected chi connectivity index (χ2v) is 6.91. The van der Waals surface area contributed by atoms with Gasteiger partial charge in [-0.05, 0) is 26.0 Å². The molecule has 3 unspecified atom stereocenters. The average Bonchev–Trinajstić information content (AvgIpc) is 2.76. The van der Waals surface area contributed by atoms with Crippen LogP contribution in [0.25, 0.3) is 0 Å². The summed E-state index contributed by atoms with van der Waals surface area (Å²) in [5.74, 6) is -1.18. The van der Waals surface area contributed by atoms with Crippen LogP contribution in [0.5, 0.6) is 0 Å². The molecule has 118 valence electrons. The quantitative estimate of drug-likeness (QED) is 0.840. The van der Waals surface area contributed by atoms with Crippen LogP contribution >= 0.6 is 11.8 Å². The molecule has 1 aliphatic heterocycles. The molecule has 1 saturated heterocycles. The molecular weight excluding hydrogens is 296 g/mol. The molecule has 0 bridgehead atoms. The van der Waals surface area contributed by atoms with E-state index < -0.39 is 11.9 Å². The van der Waals surface area contributed by atoms with Crippen molar-refractivity contribution < 1.29 is 9.90 Å². The van der Waals surface area contributed by atoms with Crippen molar-refractivity contribution in [2.24, 2.45) is 10.9 Å². The summed E-state index contributed by atoms with van der Waals surface area (Å²) in [5.41, 5.74) is 1.92. The maximum absolute atomic E-state index is 11.3. The van der Waals surface area contributed by atoms with Crippen LogP contribution in [0, 0.1) is 5.92 Å². The highest BCUT2D eigenvalue weighted by atomic mass is 32.2. The van der Waals surface area contributed by atoms with Gasteiger partial charge in [0.05, 0.1) is 11.6 Å². The van der Waals surface area contributed by atoms with Gasteiger partial charge in [-0.3, -0.25) is 4.79 Å². The molecule has 1 aromatic carbocycles. The first kappa shape index (κ1) is 16.6. The van der Waals surface area contributed by atoms with Crippen molar-refractivity contribution in [3.05, 3.63) is 42.5 Å². The lowest BCUT2D eigenvalue weighted by Crippen LogP contribution is -2.39. The highest BCUT2D eigenvalue weighted by Crippen LogP contribution is 2.37. The topological polar surface area (TPSA) is 52.9 Å². The van der Waals surface area contributed by atoms with Gasteiger partial charge in [0, 0.05) is 17.8 Å². The predicted molar refractivity (Wildman–Crippen MR) is 92.7 cm³/mol. The second kappa shape index (κ2) is 7.01. The van der Waals surface area contributed by atoms with Crippen LogP contribution in [0.2, 0.25) is 0 Å². The van der Waals surface area contributed by atoms with Gasteiger partial charge in [-0.25, -0.2) is 4.99 Å². The Morgan fingerprint density at radius 3 is 2.64 bits per heavy atom. The molecule has 2 rings (SSSR count). The molecule has 0 amide bonds. The lowest BCUT2D eigenvalue weighted by Gasteiger charge is -2.26. The highest BCUT2D eigenvalue weighted by molar-refractivity contribution is 8.14. The van der Waals surface area contributed by atoms with Crippen molar-refractivity contribution in [1.29, 1.82) is 0 Å². The summed E-state index contributed by atoms with van der Waals surface area (Å²) in [6, 6.07) is 9.85. The highest BCUT2D eigenvalue weighted by Gasteiger charge is 2.41. The molecule has 1 N–H and O–H groups in total. The summed E-state index contributed by atoms with van der Waals surface area (Å²) in [5, 5.41) is 10.2. The fourth-order valence-corrected chi connectivity index (χ4v) is 3.94. The first-order valence-corrected chi connectivity index (χ1v) is 8.22. The Balaban J connectivity index is 2.31. The van der Waals surface area contributed by atoms with E-state index in [0.29, 0.717) is 6.54 Å². The van der Waals surface area contributed by atoms with E-state index in [1.54, 1.807) is 18.7 Å². The van der Waals surface area contributed by atoms with Crippen LogP contribution in [0.15, 0.2) is 47.5 Å². The van der Waals surface area contributed by atoms with Crippen LogP contribution in [0.4, 0.5) is 5.69 Å². The maximum atomic E-state index is 11.3. The van der Waals surface area contributed by atoms with Crippen molar-refractivity contribution in [2.45, 2.75) is 32.1 Å². The first-order chi connectivity index (χ1) is 10.4. The number of carboxylic acid groups (broad SMARTS) is 1. The fourth-order valence-electron chi connectivity index (χ4n) is 2.51. The number of hydrogen-bond acceptors (Lipinski definition) is 3. The molecule has 0 radical (unpaired) electrons. The van der Waals surface area contributed by atoms with Crippen LogP contribution in [0.1, 0.15) is 20.8 Å². The summed E-state index contributed by atoms with van der Waals surface area (Å²) in [4.78, 5) is 18.2. The van der Waals surface area contributed by atoms with Gasteiger partial charge in [0.1, 0.15) is 0 Å². The normalized spacial score (nSPS) is 24.5. The zero-order chi connectivity index (χ0) is 16.3. The first-order valence-electron chi connectivity index (χ1n) is 7.34. The summed E-state index contributed by atoms with van der Waals surface area (Å²) in [6.45, 7) is 10.5. The van der Waals surface area contributed by atoms with Gasteiger partial charge in [-0.1, -0.05) is 49.0 Å². The molecule has 1 aliphatic rings. The van der Waals surface area contributed by atoms with E-state index in [-0.39, 0.29) is 11.3 Å². The van der Waals surface area contributed by atoms with Gasteiger partial charge in [0.15, 0.2) is 5.17 Å². The minimum atomic E-state index is -0.763. The predicted octanol–water partition coefficient (Wildman–Crippen LogP) is 3.78. The van der Waals surface area contributed by atoms with Gasteiger partial charge >= 0.3 is 5.97 Å². The largest absolute Gasteiger partial charge is 0.481 e. The number of rotatable bonds is 5. The third-order valence-electron chi connectivity index (χ3n) is 3.76. The van der Waals surface area contributed by atoms with E-state index >= 15 is 0 Å². The van der Waals surface area contributed by atoms with Crippen LogP contribution in [-0.4, -0.2) is 39.0 Å². The van der Waals surface area contributed by atoms with Crippen LogP contribution in [-0.2, 0) is 4.79 Å². The average molecular weight is 318 g/mol. The number of aliphatic carboxylic acids is 1. The van der Waals surface area contributed by atoms with E-state index in [1.807, 2.05) is 37.3 Å². The smallest absolute Gasteiger partial charge is 0.307 e. The second-order valence-electron chi connectivity index (χ2n) is 5.76. The van der Waals surface area contributed by atoms with Gasteiger partial charge < -0.3 is 10.0 Å². The Morgan fingerprint density at radius 1 is 1.45 bits per heavy atom. The molecule has 22 heavy (non-hydrogen) atoms. The third-order valence-corrected chi connectivity index (χ3v) is 5.37. The van der Waals surface area contributed by atoms with E-state index in [2.05, 4.69) is 18.4 Å². The Hall–Kier alpha value is -1.75. The summed E-state index contributed by atoms with van der Waals surface area (Å²) in [7, 11) is 0. The molecule has 0 spiro atoms. The molecule has 5 heteroatoms. The van der Waals surface area contributed by atoms with Gasteiger partial charge in [0.2, 0.25) is 0 Å². The minimum Gasteiger partial charge on any atom is -0.481 e. The zero-order valence-corrected chi connectivity index (χ0v) is 14.0. The van der Waals surface area contributed by atoms with Crippen LogP contribution < -0.4 is 0 Å². The maximum Gasteiger partial charge on any atom is 0.307 e. The number of nitrogens with zero attached hydrogens (tertiary/aromatic N) is 2. The van der Waals surface area contributed by atoms with Crippen molar-refractivity contribution in [1.82, 2.24) is 4.90 Å². The van der Waals surface area contributed by atoms with E-state index in [9.17, 15) is 9.90 Å². The number of aliphatic imine (C=N–C) groups is 1. The van der Waals surface area contributed by atoms with Gasteiger partial charge in [-0.15, -0.1) is 0 Å². The summed E-state index contributed by atoms with van der Waals surface area (Å²) < 4.78 is 0. The number of amidine groups is 1. The number of carboxylic acids is 1. The van der Waals surface area contributed by atoms with E-state index in [4.69, 9.17) is 4.99 Å². The number of thioether (sulfide) groups is 1. The fraction of sp³-hybridized carbons (Fsp3) is 0.412. The Kier molecular flexibility index (Phi) is 5.29. The SMILES string of the molecule is C=C(C)CN1C(=Nc2ccccc2)SC(C(C)C(=O)O)C1C. The molecular formula is C17H22N2O2S. The zero-order valence-electron chi connectivity index (χ0n) is 13.2. The molecule has 4 nitrogen and oxygen atoms in total. The minimum absolute atomic E-state index is 0.0145. The lowest BCUT2D eigenvalue weighted by atomic mass is 10.0. The Morgan fingerprint density at radius 2 is 2.09 bits per heavy atom. The monoisotopic (exact) mass is 318 g/mol. The summed E-state index contributed by atoms with van der Waals surface area (Å²) in [6.07, 6.45) is 0. The molecule has 0 saturated carbocycles. The van der Waals surface area contributed by atoms with Crippen molar-refractivity contribution in [2.75, 3.05) is 6.54 Å². The Labute approximate surface area is 135 Å². The van der Waals surface area contributed by atoms with Crippen molar-refractivity contribution >= 4 is 28.6 Å². The Bertz CT molecular complexity index is 586. The van der Waals surface area contributed by atoms with Gasteiger partial charge in [-0.2, -0.15) is 0 Å². The lowest BCUT2D eigenvalue weighted by molar-refractivity contribution is -0.141. The number of carbonyl (C=O) groups is 1. The van der Waals surface area contributed by atoms with Crippen LogP contribution in [0.3, 0.4) is 0 Å². The molecule has 0 aromatic heterocycles. The van der Waals surface area contributed by atoms with Gasteiger partial charge in [0.25, 0.3) is 0 Å². The standard InChI is InChI=1S/C17H22N2O2S/c1-11(2)10-19-13(4)15(12(3)16(20)21)22-17(19)18-14-8-6-5-7-9-14/h5-9,12-13,15H,1,10H2,2-4H3,(H,20,21). The number of para-hydroxylation sites is 1. The van der Waals surface area contributed by atoms with E-state index in [0.717, 1.165) is 16.4 Å². The number of hydrogen-bond donors (Lipinski definition) is 1. The van der Waals surface area contributed by atoms with Crippen molar-refractivity contribution in [3.63, 3.8) is 0 Å². The molecule has 1 heterocycles. The third kappa shape index (κ3) is 3.71. The molecule has 1 aromatic rings. The molecule has 1 fully saturated rings. The van der Waals surface area contributed by atoms with E-state index in [1.165, 1.54) is 0 Å².